The minimum Gasteiger partial charge on any atom is -0.293 e. The molecule has 0 atom stereocenters. The molecule has 13 heavy (non-hydrogen) atoms. The van der Waals surface area contributed by atoms with Crippen LogP contribution in [0.15, 0.2) is 12.4 Å². The number of hydrogen-bond acceptors (Lipinski definition) is 3. The zero-order valence-corrected chi connectivity index (χ0v) is 8.80. The summed E-state index contributed by atoms with van der Waals surface area (Å²) in [6, 6.07) is 0. The van der Waals surface area contributed by atoms with Crippen LogP contribution < -0.4 is 0 Å². The molecule has 0 aliphatic rings. The van der Waals surface area contributed by atoms with Crippen molar-refractivity contribution in [3.63, 3.8) is 0 Å². The first-order chi connectivity index (χ1) is 6.27. The van der Waals surface area contributed by atoms with Crippen LogP contribution in [0.5, 0.6) is 0 Å². The van der Waals surface area contributed by atoms with Gasteiger partial charge < -0.3 is 0 Å². The lowest BCUT2D eigenvalue weighted by Crippen LogP contribution is -2.00. The van der Waals surface area contributed by atoms with Gasteiger partial charge >= 0.3 is 0 Å². The van der Waals surface area contributed by atoms with Gasteiger partial charge in [0.05, 0.1) is 17.5 Å². The molecule has 0 N–H and O–H groups in total. The van der Waals surface area contributed by atoms with E-state index in [0.717, 1.165) is 18.5 Å². The Balaban J connectivity index is 2.62. The molecule has 0 aliphatic heterocycles. The van der Waals surface area contributed by atoms with E-state index < -0.39 is 0 Å². The molecule has 0 aromatic carbocycles. The summed E-state index contributed by atoms with van der Waals surface area (Å²) < 4.78 is 1.81. The van der Waals surface area contributed by atoms with Crippen molar-refractivity contribution in [3.8, 4) is 0 Å². The molecule has 0 amide bonds. The number of aryl methyl sites for hydroxylation is 1. The first-order valence-electron chi connectivity index (χ1n) is 4.32. The molecule has 1 rings (SSSR count). The normalized spacial score (nSPS) is 10.3. The average molecular weight is 198 g/mol. The van der Waals surface area contributed by atoms with Crippen molar-refractivity contribution >= 4 is 17.5 Å². The Morgan fingerprint density at radius 1 is 1.69 bits per heavy atom. The zero-order chi connectivity index (χ0) is 9.68. The fraction of sp³-hybridized carbons (Fsp3) is 0.556. The van der Waals surface area contributed by atoms with Crippen molar-refractivity contribution in [2.75, 3.05) is 12.0 Å². The van der Waals surface area contributed by atoms with Crippen molar-refractivity contribution < 1.29 is 4.79 Å². The van der Waals surface area contributed by atoms with Crippen LogP contribution in [-0.4, -0.2) is 27.6 Å². The number of thioether (sulfide) groups is 1. The van der Waals surface area contributed by atoms with E-state index in [2.05, 4.69) is 12.0 Å². The van der Waals surface area contributed by atoms with Crippen molar-refractivity contribution in [2.45, 2.75) is 19.9 Å². The van der Waals surface area contributed by atoms with E-state index in [9.17, 15) is 4.79 Å². The number of carbonyl (C=O) groups excluding carboxylic acids is 1. The molecular weight excluding hydrogens is 184 g/mol. The largest absolute Gasteiger partial charge is 0.293 e. The number of rotatable bonds is 5. The van der Waals surface area contributed by atoms with Crippen LogP contribution in [-0.2, 0) is 6.54 Å². The summed E-state index contributed by atoms with van der Waals surface area (Å²) in [7, 11) is 0. The predicted octanol–water partition coefficient (Wildman–Crippen LogP) is 1.84. The highest BCUT2D eigenvalue weighted by Crippen LogP contribution is 2.04. The van der Waals surface area contributed by atoms with Gasteiger partial charge in [-0.2, -0.15) is 16.9 Å². The summed E-state index contributed by atoms with van der Waals surface area (Å²) in [5, 5.41) is 4.10. The molecule has 0 saturated carbocycles. The Bertz CT molecular complexity index is 283. The van der Waals surface area contributed by atoms with Crippen LogP contribution in [0.3, 0.4) is 0 Å². The van der Waals surface area contributed by atoms with Crippen LogP contribution >= 0.6 is 11.8 Å². The average Bonchev–Trinajstić information content (AvgIpc) is 2.54. The van der Waals surface area contributed by atoms with Gasteiger partial charge in [0.2, 0.25) is 0 Å². The molecule has 0 fully saturated rings. The summed E-state index contributed by atoms with van der Waals surface area (Å²) in [6.45, 7) is 2.97. The molecule has 0 radical (unpaired) electrons. The summed E-state index contributed by atoms with van der Waals surface area (Å²) in [6.07, 6.45) is 6.43. The van der Waals surface area contributed by atoms with Gasteiger partial charge in [-0.25, -0.2) is 0 Å². The Labute approximate surface area is 82.5 Å². The molecule has 0 bridgehead atoms. The van der Waals surface area contributed by atoms with Crippen molar-refractivity contribution in [1.82, 2.24) is 9.78 Å². The van der Waals surface area contributed by atoms with E-state index in [-0.39, 0.29) is 5.78 Å². The molecular formula is C9H14N2OS. The number of aromatic nitrogens is 2. The minimum absolute atomic E-state index is 0.162. The molecule has 0 unspecified atom stereocenters. The summed E-state index contributed by atoms with van der Waals surface area (Å²) in [5.41, 5.74) is 0.725. The monoisotopic (exact) mass is 198 g/mol. The van der Waals surface area contributed by atoms with Crippen LogP contribution in [0.25, 0.3) is 0 Å². The van der Waals surface area contributed by atoms with Crippen LogP contribution in [0.2, 0.25) is 0 Å². The van der Waals surface area contributed by atoms with E-state index in [1.165, 1.54) is 0 Å². The van der Waals surface area contributed by atoms with Gasteiger partial charge in [0.1, 0.15) is 0 Å². The molecule has 0 saturated heterocycles. The third kappa shape index (κ3) is 2.88. The smallest absolute Gasteiger partial charge is 0.175 e. The van der Waals surface area contributed by atoms with Gasteiger partial charge in [0.15, 0.2) is 5.78 Å². The van der Waals surface area contributed by atoms with Crippen molar-refractivity contribution in [1.29, 1.82) is 0 Å². The van der Waals surface area contributed by atoms with Gasteiger partial charge in [-0.3, -0.25) is 9.48 Å². The highest BCUT2D eigenvalue weighted by atomic mass is 32.2. The second-order valence-corrected chi connectivity index (χ2v) is 3.71. The molecule has 1 heterocycles. The second kappa shape index (κ2) is 5.07. The zero-order valence-electron chi connectivity index (χ0n) is 7.99. The van der Waals surface area contributed by atoms with Crippen LogP contribution in [0, 0.1) is 0 Å². The molecule has 3 nitrogen and oxygen atoms in total. The number of nitrogens with zero attached hydrogens (tertiary/aromatic N) is 2. The van der Waals surface area contributed by atoms with E-state index in [1.807, 2.05) is 17.1 Å². The molecule has 0 spiro atoms. The lowest BCUT2D eigenvalue weighted by Gasteiger charge is -1.95. The van der Waals surface area contributed by atoms with Gasteiger partial charge in [-0.15, -0.1) is 0 Å². The Morgan fingerprint density at radius 3 is 3.08 bits per heavy atom. The maximum absolute atomic E-state index is 11.4. The molecule has 1 aromatic heterocycles. The second-order valence-electron chi connectivity index (χ2n) is 2.85. The van der Waals surface area contributed by atoms with Crippen LogP contribution in [0.1, 0.15) is 23.7 Å². The molecule has 4 heteroatoms. The lowest BCUT2D eigenvalue weighted by molar-refractivity contribution is 0.102. The fourth-order valence-corrected chi connectivity index (χ4v) is 1.50. The third-order valence-electron chi connectivity index (χ3n) is 1.68. The summed E-state index contributed by atoms with van der Waals surface area (Å²) >= 11 is 1.54. The predicted molar refractivity (Wildman–Crippen MR) is 55.2 cm³/mol. The number of hydrogen-bond donors (Lipinski definition) is 0. The van der Waals surface area contributed by atoms with Crippen LogP contribution in [0.4, 0.5) is 0 Å². The maximum Gasteiger partial charge on any atom is 0.175 e. The summed E-state index contributed by atoms with van der Waals surface area (Å²) in [5.74, 6) is 0.701. The Hall–Kier alpha value is -0.770. The van der Waals surface area contributed by atoms with Crippen molar-refractivity contribution in [3.05, 3.63) is 18.0 Å². The van der Waals surface area contributed by atoms with Gasteiger partial charge in [-0.1, -0.05) is 6.92 Å². The van der Waals surface area contributed by atoms with E-state index in [4.69, 9.17) is 0 Å². The maximum atomic E-state index is 11.4. The van der Waals surface area contributed by atoms with E-state index in [1.54, 1.807) is 18.0 Å². The highest BCUT2D eigenvalue weighted by molar-refractivity contribution is 7.99. The Kier molecular flexibility index (Phi) is 4.02. The lowest BCUT2D eigenvalue weighted by atomic mass is 10.3. The number of Topliss-reactive ketones (excluding diaryl/α,β-unsaturated/α-hetero) is 1. The van der Waals surface area contributed by atoms with Crippen molar-refractivity contribution in [2.24, 2.45) is 0 Å². The highest BCUT2D eigenvalue weighted by Gasteiger charge is 2.06. The van der Waals surface area contributed by atoms with Gasteiger partial charge in [0, 0.05) is 12.7 Å². The quantitative estimate of drug-likeness (QED) is 0.677. The van der Waals surface area contributed by atoms with E-state index >= 15 is 0 Å². The summed E-state index contributed by atoms with van der Waals surface area (Å²) in [4.78, 5) is 11.4. The Morgan fingerprint density at radius 2 is 2.46 bits per heavy atom. The number of carbonyl (C=O) groups is 1. The SMILES string of the molecule is CCCn1cc(C(=O)CSC)cn1. The standard InChI is InChI=1S/C9H14N2OS/c1-3-4-11-6-8(5-10-11)9(12)7-13-2/h5-6H,3-4,7H2,1-2H3. The third-order valence-corrected chi connectivity index (χ3v) is 2.23. The topological polar surface area (TPSA) is 34.9 Å². The molecule has 72 valence electrons. The first-order valence-corrected chi connectivity index (χ1v) is 5.72. The van der Waals surface area contributed by atoms with Gasteiger partial charge in [-0.05, 0) is 12.7 Å². The van der Waals surface area contributed by atoms with Gasteiger partial charge in [0.25, 0.3) is 0 Å². The minimum atomic E-state index is 0.162. The number of ketones is 1. The molecule has 0 aliphatic carbocycles. The fourth-order valence-electron chi connectivity index (χ4n) is 1.07. The van der Waals surface area contributed by atoms with E-state index in [0.29, 0.717) is 5.75 Å². The molecule has 1 aromatic rings. The first kappa shape index (κ1) is 10.3.